The van der Waals surface area contributed by atoms with Gasteiger partial charge in [-0.05, 0) is 43.0 Å². The lowest BCUT2D eigenvalue weighted by Crippen LogP contribution is -2.09. The van der Waals surface area contributed by atoms with Gasteiger partial charge < -0.3 is 5.32 Å². The Bertz CT molecular complexity index is 1240. The van der Waals surface area contributed by atoms with Gasteiger partial charge in [-0.2, -0.15) is 9.61 Å². The molecule has 0 aliphatic heterocycles. The van der Waals surface area contributed by atoms with Crippen molar-refractivity contribution < 1.29 is 4.39 Å². The van der Waals surface area contributed by atoms with Gasteiger partial charge in [0.2, 0.25) is 0 Å². The predicted molar refractivity (Wildman–Crippen MR) is 110 cm³/mol. The highest BCUT2D eigenvalue weighted by atomic mass is 19.1. The van der Waals surface area contributed by atoms with E-state index in [1.54, 1.807) is 16.9 Å². The molecule has 4 heterocycles. The maximum Gasteiger partial charge on any atom is 0.160 e. The second kappa shape index (κ2) is 7.09. The molecule has 4 aromatic heterocycles. The largest absolute Gasteiger partial charge is 0.370 e. The first kappa shape index (κ1) is 17.5. The van der Waals surface area contributed by atoms with Crippen LogP contribution in [0.3, 0.4) is 0 Å². The number of fused-ring (bicyclic) bond motifs is 2. The summed E-state index contributed by atoms with van der Waals surface area (Å²) < 4.78 is 15.4. The maximum absolute atomic E-state index is 13.6. The van der Waals surface area contributed by atoms with E-state index in [0.29, 0.717) is 11.3 Å². The van der Waals surface area contributed by atoms with E-state index < -0.39 is 0 Å². The van der Waals surface area contributed by atoms with Crippen molar-refractivity contribution in [1.29, 1.82) is 0 Å². The molecule has 0 aromatic carbocycles. The fourth-order valence-corrected chi connectivity index (χ4v) is 3.67. The van der Waals surface area contributed by atoms with Crippen LogP contribution in [0.5, 0.6) is 0 Å². The molecule has 0 unspecified atom stereocenters. The first-order chi connectivity index (χ1) is 14.2. The standard InChI is InChI=1S/C22H19FN6/c1-14-11-27-29-20(10-19(28-22(14)29)17-9-18(23)13-24-12-17)25-8-6-16-5-4-15-3-2-7-26-21(15)16/h2-3,5,7,9-13,25H,4,6,8H2,1H3. The van der Waals surface area contributed by atoms with E-state index in [1.807, 2.05) is 25.3 Å². The minimum Gasteiger partial charge on any atom is -0.370 e. The highest BCUT2D eigenvalue weighted by Crippen LogP contribution is 2.28. The third-order valence-corrected chi connectivity index (χ3v) is 5.11. The molecule has 0 saturated heterocycles. The van der Waals surface area contributed by atoms with Gasteiger partial charge in [0.15, 0.2) is 5.65 Å². The third-order valence-electron chi connectivity index (χ3n) is 5.11. The molecule has 7 heteroatoms. The van der Waals surface area contributed by atoms with Crippen molar-refractivity contribution in [2.45, 2.75) is 19.8 Å². The zero-order valence-electron chi connectivity index (χ0n) is 15.9. The Kier molecular flexibility index (Phi) is 4.27. The van der Waals surface area contributed by atoms with Gasteiger partial charge in [-0.3, -0.25) is 9.97 Å². The summed E-state index contributed by atoms with van der Waals surface area (Å²) in [7, 11) is 0. The van der Waals surface area contributed by atoms with E-state index in [4.69, 9.17) is 0 Å². The van der Waals surface area contributed by atoms with Crippen molar-refractivity contribution >= 4 is 17.0 Å². The van der Waals surface area contributed by atoms with E-state index in [1.165, 1.54) is 23.4 Å². The zero-order valence-corrected chi connectivity index (χ0v) is 15.9. The van der Waals surface area contributed by atoms with Crippen LogP contribution in [0.4, 0.5) is 10.2 Å². The van der Waals surface area contributed by atoms with Crippen molar-refractivity contribution in [2.75, 3.05) is 11.9 Å². The van der Waals surface area contributed by atoms with E-state index in [0.717, 1.165) is 42.1 Å². The van der Waals surface area contributed by atoms with Crippen molar-refractivity contribution in [3.05, 3.63) is 77.8 Å². The van der Waals surface area contributed by atoms with Gasteiger partial charge >= 0.3 is 0 Å². The second-order valence-electron chi connectivity index (χ2n) is 7.10. The van der Waals surface area contributed by atoms with Crippen LogP contribution in [0, 0.1) is 12.7 Å². The molecular weight excluding hydrogens is 367 g/mol. The van der Waals surface area contributed by atoms with Gasteiger partial charge in [0.1, 0.15) is 11.6 Å². The van der Waals surface area contributed by atoms with Gasteiger partial charge in [0.05, 0.1) is 23.8 Å². The maximum atomic E-state index is 13.6. The minimum absolute atomic E-state index is 0.386. The number of allylic oxidation sites excluding steroid dienone is 1. The molecule has 0 bridgehead atoms. The Hall–Kier alpha value is -3.61. The predicted octanol–water partition coefficient (Wildman–Crippen LogP) is 4.08. The topological polar surface area (TPSA) is 68.0 Å². The number of nitrogens with one attached hydrogen (secondary N) is 1. The van der Waals surface area contributed by atoms with Gasteiger partial charge in [0.25, 0.3) is 0 Å². The van der Waals surface area contributed by atoms with Crippen LogP contribution in [0.1, 0.15) is 23.2 Å². The SMILES string of the molecule is Cc1cnn2c(NCCC3=CCc4cccnc43)cc(-c3cncc(F)c3)nc12. The van der Waals surface area contributed by atoms with Crippen LogP contribution in [-0.2, 0) is 6.42 Å². The Morgan fingerprint density at radius 2 is 2.14 bits per heavy atom. The normalized spacial score (nSPS) is 12.8. The van der Waals surface area contributed by atoms with E-state index in [-0.39, 0.29) is 5.82 Å². The van der Waals surface area contributed by atoms with E-state index >= 15 is 0 Å². The summed E-state index contributed by atoms with van der Waals surface area (Å²) >= 11 is 0. The van der Waals surface area contributed by atoms with Gasteiger partial charge in [-0.15, -0.1) is 0 Å². The Balaban J connectivity index is 1.42. The number of aromatic nitrogens is 5. The Morgan fingerprint density at radius 1 is 1.21 bits per heavy atom. The van der Waals surface area contributed by atoms with Crippen LogP contribution in [0.25, 0.3) is 22.5 Å². The van der Waals surface area contributed by atoms with Gasteiger partial charge in [0, 0.05) is 36.1 Å². The summed E-state index contributed by atoms with van der Waals surface area (Å²) in [6, 6.07) is 7.42. The molecule has 144 valence electrons. The number of halogens is 1. The van der Waals surface area contributed by atoms with Crippen LogP contribution >= 0.6 is 0 Å². The molecular formula is C22H19FN6. The minimum atomic E-state index is -0.386. The highest BCUT2D eigenvalue weighted by molar-refractivity contribution is 5.71. The summed E-state index contributed by atoms with van der Waals surface area (Å²) in [6.45, 7) is 2.68. The lowest BCUT2D eigenvalue weighted by atomic mass is 10.1. The monoisotopic (exact) mass is 386 g/mol. The van der Waals surface area contributed by atoms with Crippen LogP contribution in [0.2, 0.25) is 0 Å². The first-order valence-electron chi connectivity index (χ1n) is 9.52. The average Bonchev–Trinajstić information content (AvgIpc) is 3.32. The van der Waals surface area contributed by atoms with Crippen molar-refractivity contribution in [3.63, 3.8) is 0 Å². The fourth-order valence-electron chi connectivity index (χ4n) is 3.67. The average molecular weight is 386 g/mol. The molecule has 0 radical (unpaired) electrons. The van der Waals surface area contributed by atoms with Crippen LogP contribution < -0.4 is 5.32 Å². The van der Waals surface area contributed by atoms with Crippen molar-refractivity contribution in [3.8, 4) is 11.3 Å². The molecule has 0 spiro atoms. The Morgan fingerprint density at radius 3 is 3.03 bits per heavy atom. The number of rotatable bonds is 5. The summed E-state index contributed by atoms with van der Waals surface area (Å²) in [6.07, 6.45) is 10.4. The molecule has 0 fully saturated rings. The summed E-state index contributed by atoms with van der Waals surface area (Å²) in [5, 5.41) is 7.89. The lowest BCUT2D eigenvalue weighted by Gasteiger charge is -2.12. The van der Waals surface area contributed by atoms with Gasteiger partial charge in [-0.25, -0.2) is 9.37 Å². The Labute approximate surface area is 167 Å². The molecule has 29 heavy (non-hydrogen) atoms. The number of aryl methyl sites for hydroxylation is 1. The van der Waals surface area contributed by atoms with E-state index in [9.17, 15) is 4.39 Å². The number of nitrogens with zero attached hydrogens (tertiary/aromatic N) is 5. The molecule has 6 nitrogen and oxygen atoms in total. The van der Waals surface area contributed by atoms with Crippen LogP contribution in [0.15, 0.2) is 55.1 Å². The fraction of sp³-hybridized carbons (Fsp3) is 0.182. The molecule has 0 atom stereocenters. The quantitative estimate of drug-likeness (QED) is 0.560. The van der Waals surface area contributed by atoms with Crippen molar-refractivity contribution in [2.24, 2.45) is 0 Å². The first-order valence-corrected chi connectivity index (χ1v) is 9.52. The number of hydrogen-bond donors (Lipinski definition) is 1. The molecule has 4 aromatic rings. The smallest absolute Gasteiger partial charge is 0.160 e. The highest BCUT2D eigenvalue weighted by Gasteiger charge is 2.15. The number of anilines is 1. The molecule has 1 aliphatic carbocycles. The number of hydrogen-bond acceptors (Lipinski definition) is 5. The lowest BCUT2D eigenvalue weighted by molar-refractivity contribution is 0.622. The molecule has 1 N–H and O–H groups in total. The zero-order chi connectivity index (χ0) is 19.8. The molecule has 0 saturated carbocycles. The van der Waals surface area contributed by atoms with Crippen molar-refractivity contribution in [1.82, 2.24) is 24.6 Å². The van der Waals surface area contributed by atoms with Crippen LogP contribution in [-0.4, -0.2) is 31.1 Å². The molecule has 0 amide bonds. The summed E-state index contributed by atoms with van der Waals surface area (Å²) in [5.74, 6) is 0.422. The molecule has 5 rings (SSSR count). The number of pyridine rings is 2. The van der Waals surface area contributed by atoms with E-state index in [2.05, 4.69) is 37.5 Å². The third kappa shape index (κ3) is 3.24. The summed E-state index contributed by atoms with van der Waals surface area (Å²) in [4.78, 5) is 13.1. The van der Waals surface area contributed by atoms with Gasteiger partial charge in [-0.1, -0.05) is 12.1 Å². The molecule has 1 aliphatic rings. The second-order valence-corrected chi connectivity index (χ2v) is 7.10. The summed E-state index contributed by atoms with van der Waals surface area (Å²) in [5.41, 5.74) is 6.60.